The van der Waals surface area contributed by atoms with Crippen LogP contribution in [0.5, 0.6) is 0 Å². The number of benzene rings is 3. The van der Waals surface area contributed by atoms with E-state index >= 15 is 0 Å². The maximum atomic E-state index is 13.0. The van der Waals surface area contributed by atoms with Crippen molar-refractivity contribution in [1.29, 1.82) is 0 Å². The zero-order chi connectivity index (χ0) is 67.7. The molecule has 3 unspecified atom stereocenters. The first-order valence-corrected chi connectivity index (χ1v) is 35.7. The number of esters is 3. The molecule has 0 N–H and O–H groups in total. The average Bonchev–Trinajstić information content (AvgIpc) is 1.61. The monoisotopic (exact) mass is 1390 g/mol. The second-order valence-corrected chi connectivity index (χ2v) is 29.9. The quantitative estimate of drug-likeness (QED) is 0.0736. The predicted octanol–water partition coefficient (Wildman–Crippen LogP) is 16.8. The molecule has 13 rings (SSSR count). The van der Waals surface area contributed by atoms with Gasteiger partial charge in [-0.2, -0.15) is 0 Å². The number of hydrogen-bond donors (Lipinski definition) is 0. The molecule has 496 valence electrons. The maximum absolute atomic E-state index is 13.0. The van der Waals surface area contributed by atoms with Crippen LogP contribution in [0, 0.1) is 74.1 Å². The molecule has 95 heavy (non-hydrogen) atoms. The fourth-order valence-electron chi connectivity index (χ4n) is 12.0. The van der Waals surface area contributed by atoms with Crippen LogP contribution < -0.4 is 0 Å². The molecule has 1 saturated carbocycles. The van der Waals surface area contributed by atoms with Crippen molar-refractivity contribution in [2.45, 2.75) is 166 Å². The third-order valence-corrected chi connectivity index (χ3v) is 21.8. The Morgan fingerprint density at radius 2 is 0.811 bits per heavy atom. The average molecular weight is 1400 g/mol. The Kier molecular flexibility index (Phi) is 21.3. The minimum Gasteiger partial charge on any atom is -0.466 e. The SMILES string of the molecule is CCCOC(=O)CC1N=C(c2ccc(Cl)cc2)c2c(sc(C)c2C)-n2c(C)nnc21.Cc1sc2c(c1C)C(c1ccc(Cl)cc1)=NC(CC(=O)OC1CCC(C)CC1)c1nnc(C)n1-2.Cc1sc2c(c1C)C(c1ccc(Cl)cc1)=NC(CC(=O)OCC(C)C)c1nnc(C)n1-2. The summed E-state index contributed by atoms with van der Waals surface area (Å²) >= 11 is 23.5. The third kappa shape index (κ3) is 14.8. The van der Waals surface area contributed by atoms with Crippen LogP contribution in [0.4, 0.5) is 0 Å². The molecular formula is C71H77Cl3N12O6S3. The van der Waals surface area contributed by atoms with Gasteiger partial charge in [0.2, 0.25) is 0 Å². The smallest absolute Gasteiger partial charge is 0.308 e. The number of hydrogen-bond acceptors (Lipinski definition) is 18. The summed E-state index contributed by atoms with van der Waals surface area (Å²) < 4.78 is 22.8. The Morgan fingerprint density at radius 1 is 0.484 bits per heavy atom. The van der Waals surface area contributed by atoms with Crippen molar-refractivity contribution in [2.24, 2.45) is 26.8 Å². The molecule has 9 heterocycles. The van der Waals surface area contributed by atoms with Crippen LogP contribution in [0.3, 0.4) is 0 Å². The zero-order valence-corrected chi connectivity index (χ0v) is 60.4. The summed E-state index contributed by atoms with van der Waals surface area (Å²) in [6.07, 6.45) is 5.20. The molecule has 9 aromatic rings. The number of rotatable bonds is 14. The first-order chi connectivity index (χ1) is 45.5. The van der Waals surface area contributed by atoms with E-state index in [1.54, 1.807) is 34.0 Å². The largest absolute Gasteiger partial charge is 0.466 e. The van der Waals surface area contributed by atoms with Gasteiger partial charge in [0.25, 0.3) is 0 Å². The van der Waals surface area contributed by atoms with Crippen LogP contribution in [-0.2, 0) is 28.6 Å². The van der Waals surface area contributed by atoms with Crippen LogP contribution in [0.25, 0.3) is 15.0 Å². The molecule has 18 nitrogen and oxygen atoms in total. The summed E-state index contributed by atoms with van der Waals surface area (Å²) in [6, 6.07) is 21.5. The molecule has 6 aromatic heterocycles. The zero-order valence-electron chi connectivity index (χ0n) is 55.6. The normalized spacial score (nSPS) is 17.7. The van der Waals surface area contributed by atoms with Crippen molar-refractivity contribution in [3.63, 3.8) is 0 Å². The van der Waals surface area contributed by atoms with E-state index in [1.807, 2.05) is 123 Å². The van der Waals surface area contributed by atoms with Gasteiger partial charge >= 0.3 is 17.9 Å². The van der Waals surface area contributed by atoms with Gasteiger partial charge in [0.1, 0.15) is 56.7 Å². The van der Waals surface area contributed by atoms with Crippen molar-refractivity contribution in [2.75, 3.05) is 13.2 Å². The van der Waals surface area contributed by atoms with Crippen molar-refractivity contribution in [1.82, 2.24) is 44.3 Å². The van der Waals surface area contributed by atoms with Gasteiger partial charge in [0.15, 0.2) is 17.5 Å². The van der Waals surface area contributed by atoms with E-state index in [1.165, 1.54) is 20.2 Å². The number of fused-ring (bicyclic) bond motifs is 9. The number of aryl methyl sites for hydroxylation is 6. The number of aromatic nitrogens is 9. The second kappa shape index (κ2) is 29.4. The van der Waals surface area contributed by atoms with Crippen LogP contribution >= 0.6 is 68.8 Å². The molecule has 3 aromatic carbocycles. The van der Waals surface area contributed by atoms with Gasteiger partial charge < -0.3 is 14.2 Å². The molecule has 0 radical (unpaired) electrons. The number of aliphatic imine (C=N–C) groups is 3. The highest BCUT2D eigenvalue weighted by molar-refractivity contribution is 7.15. The minimum absolute atomic E-state index is 0.000290. The highest BCUT2D eigenvalue weighted by Crippen LogP contribution is 2.44. The Balaban J connectivity index is 0.000000145. The topological polar surface area (TPSA) is 208 Å². The van der Waals surface area contributed by atoms with E-state index in [9.17, 15) is 14.4 Å². The lowest BCUT2D eigenvalue weighted by Crippen LogP contribution is -2.24. The summed E-state index contributed by atoms with van der Waals surface area (Å²) in [5, 5.41) is 31.3. The van der Waals surface area contributed by atoms with Crippen molar-refractivity contribution >= 4 is 104 Å². The molecule has 3 aliphatic heterocycles. The Morgan fingerprint density at radius 3 is 1.14 bits per heavy atom. The molecule has 0 saturated heterocycles. The lowest BCUT2D eigenvalue weighted by molar-refractivity contribution is -0.151. The van der Waals surface area contributed by atoms with Gasteiger partial charge in [-0.1, -0.05) is 98.9 Å². The number of halogens is 3. The molecule has 1 aliphatic carbocycles. The molecule has 0 bridgehead atoms. The molecule has 3 atom stereocenters. The summed E-state index contributed by atoms with van der Waals surface area (Å²) in [6.45, 7) is 27.5. The second-order valence-electron chi connectivity index (χ2n) is 25.0. The number of thiophene rings is 3. The van der Waals surface area contributed by atoms with Crippen LogP contribution in [0.2, 0.25) is 15.1 Å². The third-order valence-electron chi connectivity index (χ3n) is 17.5. The van der Waals surface area contributed by atoms with Crippen molar-refractivity contribution in [3.05, 3.63) is 188 Å². The van der Waals surface area contributed by atoms with E-state index < -0.39 is 18.1 Å². The summed E-state index contributed by atoms with van der Waals surface area (Å²) in [4.78, 5) is 57.0. The van der Waals surface area contributed by atoms with Gasteiger partial charge in [0, 0.05) is 63.1 Å². The van der Waals surface area contributed by atoms with E-state index in [4.69, 9.17) is 64.0 Å². The number of nitrogens with zero attached hydrogens (tertiary/aromatic N) is 12. The molecule has 24 heteroatoms. The van der Waals surface area contributed by atoms with Crippen molar-refractivity contribution in [3.8, 4) is 15.0 Å². The summed E-state index contributed by atoms with van der Waals surface area (Å²) in [7, 11) is 0. The Hall–Kier alpha value is -7.53. The van der Waals surface area contributed by atoms with Crippen LogP contribution in [0.1, 0.15) is 197 Å². The molecule has 1 fully saturated rings. The van der Waals surface area contributed by atoms with E-state index in [-0.39, 0.29) is 49.2 Å². The van der Waals surface area contributed by atoms with Crippen LogP contribution in [-0.4, -0.2) is 98.7 Å². The fraction of sp³-hybridized carbons (Fsp3) is 0.408. The minimum atomic E-state index is -0.495. The number of carbonyl (C=O) groups excluding carboxylic acids is 3. The fourth-order valence-corrected chi connectivity index (χ4v) is 16.1. The highest BCUT2D eigenvalue weighted by Gasteiger charge is 2.37. The van der Waals surface area contributed by atoms with E-state index in [2.05, 4.69) is 83.6 Å². The first-order valence-electron chi connectivity index (χ1n) is 32.1. The molecular weight excluding hydrogens is 1320 g/mol. The molecule has 0 amide bonds. The molecule has 4 aliphatic rings. The highest BCUT2D eigenvalue weighted by atomic mass is 35.5. The Labute approximate surface area is 580 Å². The number of ether oxygens (including phenoxy) is 3. The number of carbonyl (C=O) groups is 3. The van der Waals surface area contributed by atoms with E-state index in [0.717, 1.165) is 126 Å². The van der Waals surface area contributed by atoms with Gasteiger partial charge in [-0.25, -0.2) is 0 Å². The Bertz CT molecular complexity index is 4430. The van der Waals surface area contributed by atoms with E-state index in [0.29, 0.717) is 51.7 Å². The van der Waals surface area contributed by atoms with Gasteiger partial charge in [-0.05, 0) is 159 Å². The maximum Gasteiger partial charge on any atom is 0.308 e. The van der Waals surface area contributed by atoms with Gasteiger partial charge in [-0.3, -0.25) is 43.1 Å². The summed E-state index contributed by atoms with van der Waals surface area (Å²) in [5.41, 5.74) is 12.0. The standard InChI is InChI=1S/C26H29ClN4O2S.C23H25ClN4O2S.C22H23ClN4O2S/c1-14-5-11-20(12-6-14)33-22(32)13-21-25-30-29-17(4)31(25)26-23(15(2)16(3)34-26)24(28-21)18-7-9-19(27)10-8-18;1-12(2)11-30-19(29)10-18-22-27-26-15(5)28(22)23-20(13(3)14(4)31-23)21(25-18)16-6-8-17(24)9-7-16;1-5-10-29-18(28)11-17-21-26-25-14(4)27(21)22-19(12(2)13(3)30-22)20(24-17)15-6-8-16(23)9-7-15/h7-10,14,20-21H,5-6,11-13H2,1-4H3;6-9,12,18H,10-11H2,1-5H3;6-9,17H,5,10-11H2,1-4H3. The lowest BCUT2D eigenvalue weighted by Gasteiger charge is -2.26. The lowest BCUT2D eigenvalue weighted by atomic mass is 9.89. The van der Waals surface area contributed by atoms with Crippen molar-refractivity contribution < 1.29 is 28.6 Å². The van der Waals surface area contributed by atoms with Gasteiger partial charge in [0.05, 0.1) is 49.6 Å². The van der Waals surface area contributed by atoms with Crippen LogP contribution in [0.15, 0.2) is 87.8 Å². The predicted molar refractivity (Wildman–Crippen MR) is 378 cm³/mol. The van der Waals surface area contributed by atoms with Gasteiger partial charge in [-0.15, -0.1) is 64.6 Å². The molecule has 0 spiro atoms. The first kappa shape index (κ1) is 68.8. The summed E-state index contributed by atoms with van der Waals surface area (Å²) in [5.74, 6) is 4.49.